The molecular weight excluding hydrogens is 306 g/mol. The fourth-order valence-electron chi connectivity index (χ4n) is 1.33. The van der Waals surface area contributed by atoms with Crippen molar-refractivity contribution in [1.29, 1.82) is 0 Å². The largest absolute Gasteiger partial charge is 0.459 e. The van der Waals surface area contributed by atoms with E-state index < -0.39 is 42.6 Å². The second-order valence-corrected chi connectivity index (χ2v) is 10.3. The molecule has 0 aromatic carbocycles. The molecule has 0 fully saturated rings. The molecule has 0 aliphatic carbocycles. The molecular formula is C11H23NO6S2. The van der Waals surface area contributed by atoms with Crippen LogP contribution in [-0.4, -0.2) is 45.8 Å². The summed E-state index contributed by atoms with van der Waals surface area (Å²) in [6, 6.07) is -1.12. The molecule has 0 rings (SSSR count). The first-order valence-electron chi connectivity index (χ1n) is 6.03. The van der Waals surface area contributed by atoms with Gasteiger partial charge in [0.25, 0.3) is 0 Å². The zero-order valence-electron chi connectivity index (χ0n) is 12.6. The van der Waals surface area contributed by atoms with Gasteiger partial charge in [-0.1, -0.05) is 13.8 Å². The first-order chi connectivity index (χ1) is 8.63. The van der Waals surface area contributed by atoms with E-state index in [1.165, 1.54) is 0 Å². The number of ether oxygens (including phenoxy) is 1. The van der Waals surface area contributed by atoms with Crippen LogP contribution in [0.4, 0.5) is 0 Å². The van der Waals surface area contributed by atoms with E-state index in [9.17, 15) is 21.6 Å². The van der Waals surface area contributed by atoms with E-state index in [4.69, 9.17) is 4.74 Å². The van der Waals surface area contributed by atoms with Gasteiger partial charge in [-0.15, -0.1) is 0 Å². The quantitative estimate of drug-likeness (QED) is 0.701. The van der Waals surface area contributed by atoms with Crippen molar-refractivity contribution in [2.45, 2.75) is 46.3 Å². The fraction of sp³-hybridized carbons (Fsp3) is 0.909. The lowest BCUT2D eigenvalue weighted by Crippen LogP contribution is -2.48. The van der Waals surface area contributed by atoms with Crippen LogP contribution in [-0.2, 0) is 29.4 Å². The Labute approximate surface area is 121 Å². The van der Waals surface area contributed by atoms with Gasteiger partial charge >= 0.3 is 5.97 Å². The molecule has 0 bridgehead atoms. The van der Waals surface area contributed by atoms with E-state index in [-0.39, 0.29) is 5.92 Å². The average molecular weight is 329 g/mol. The Morgan fingerprint density at radius 3 is 1.90 bits per heavy atom. The van der Waals surface area contributed by atoms with E-state index in [2.05, 4.69) is 4.72 Å². The third kappa shape index (κ3) is 8.49. The molecule has 9 heteroatoms. The van der Waals surface area contributed by atoms with Gasteiger partial charge < -0.3 is 4.74 Å². The number of carbonyl (C=O) groups is 1. The van der Waals surface area contributed by atoms with Crippen molar-refractivity contribution in [1.82, 2.24) is 4.72 Å². The molecule has 0 saturated heterocycles. The summed E-state index contributed by atoms with van der Waals surface area (Å²) in [5.74, 6) is -1.11. The van der Waals surface area contributed by atoms with E-state index >= 15 is 0 Å². The summed E-state index contributed by atoms with van der Waals surface area (Å²) < 4.78 is 52.8. The molecule has 0 heterocycles. The minimum absolute atomic E-state index is 0.376. The third-order valence-electron chi connectivity index (χ3n) is 2.00. The van der Waals surface area contributed by atoms with Crippen molar-refractivity contribution >= 4 is 25.8 Å². The SMILES string of the molecule is CC(C)[C@@H](NS(=O)(=O)CS(C)(=O)=O)C(=O)OC(C)(C)C. The number of carbonyl (C=O) groups excluding carboxylic acids is 1. The highest BCUT2D eigenvalue weighted by atomic mass is 32.3. The van der Waals surface area contributed by atoms with Gasteiger partial charge in [0.05, 0.1) is 0 Å². The van der Waals surface area contributed by atoms with Crippen molar-refractivity contribution in [2.75, 3.05) is 11.3 Å². The minimum atomic E-state index is -4.12. The molecule has 0 aromatic rings. The second-order valence-electron chi connectivity index (χ2n) is 6.03. The molecule has 1 N–H and O–H groups in total. The molecule has 7 nitrogen and oxygen atoms in total. The van der Waals surface area contributed by atoms with Crippen LogP contribution in [0.15, 0.2) is 0 Å². The van der Waals surface area contributed by atoms with Gasteiger partial charge in [-0.2, -0.15) is 4.72 Å². The van der Waals surface area contributed by atoms with Crippen LogP contribution in [0.25, 0.3) is 0 Å². The molecule has 0 amide bonds. The normalized spacial score (nSPS) is 15.2. The maximum atomic E-state index is 11.9. The van der Waals surface area contributed by atoms with Crippen LogP contribution < -0.4 is 4.72 Å². The number of hydrogen-bond acceptors (Lipinski definition) is 6. The van der Waals surface area contributed by atoms with Gasteiger partial charge in [0.15, 0.2) is 14.9 Å². The molecule has 1 atom stereocenters. The van der Waals surface area contributed by atoms with Crippen molar-refractivity contribution in [3.8, 4) is 0 Å². The minimum Gasteiger partial charge on any atom is -0.459 e. The highest BCUT2D eigenvalue weighted by Crippen LogP contribution is 2.13. The zero-order valence-corrected chi connectivity index (χ0v) is 14.3. The molecule has 0 saturated carbocycles. The predicted octanol–water partition coefficient (Wildman–Crippen LogP) is 0.274. The lowest BCUT2D eigenvalue weighted by Gasteiger charge is -2.26. The van der Waals surface area contributed by atoms with E-state index in [0.29, 0.717) is 0 Å². The highest BCUT2D eigenvalue weighted by molar-refractivity contribution is 8.06. The third-order valence-corrected chi connectivity index (χ3v) is 5.57. The monoisotopic (exact) mass is 329 g/mol. The van der Waals surface area contributed by atoms with Crippen molar-refractivity contribution < 1.29 is 26.4 Å². The van der Waals surface area contributed by atoms with Crippen LogP contribution in [0.1, 0.15) is 34.6 Å². The lowest BCUT2D eigenvalue weighted by atomic mass is 10.1. The van der Waals surface area contributed by atoms with Crippen LogP contribution in [0.2, 0.25) is 0 Å². The number of sulfone groups is 1. The van der Waals surface area contributed by atoms with Crippen molar-refractivity contribution in [3.05, 3.63) is 0 Å². The standard InChI is InChI=1S/C11H23NO6S2/c1-8(2)9(10(13)18-11(3,4)5)12-20(16,17)7-19(6,14)15/h8-9,12H,7H2,1-6H3/t9-/m1/s1. The Hall–Kier alpha value is -0.670. The van der Waals surface area contributed by atoms with Gasteiger partial charge in [0, 0.05) is 6.26 Å². The molecule has 120 valence electrons. The summed E-state index contributed by atoms with van der Waals surface area (Å²) in [4.78, 5) is 11.9. The van der Waals surface area contributed by atoms with Crippen LogP contribution in [0, 0.1) is 5.92 Å². The molecule has 0 aliphatic heterocycles. The molecule has 20 heavy (non-hydrogen) atoms. The summed E-state index contributed by atoms with van der Waals surface area (Å²) in [5, 5.41) is -1.06. The Morgan fingerprint density at radius 1 is 1.15 bits per heavy atom. The van der Waals surface area contributed by atoms with Gasteiger partial charge in [0.1, 0.15) is 11.6 Å². The van der Waals surface area contributed by atoms with E-state index in [0.717, 1.165) is 6.26 Å². The van der Waals surface area contributed by atoms with Crippen LogP contribution >= 0.6 is 0 Å². The van der Waals surface area contributed by atoms with Gasteiger partial charge in [0.2, 0.25) is 10.0 Å². The Morgan fingerprint density at radius 2 is 1.60 bits per heavy atom. The molecule has 0 radical (unpaired) electrons. The van der Waals surface area contributed by atoms with Gasteiger partial charge in [-0.3, -0.25) is 4.79 Å². The topological polar surface area (TPSA) is 107 Å². The smallest absolute Gasteiger partial charge is 0.324 e. The number of rotatable bonds is 6. The second kappa shape index (κ2) is 6.40. The maximum Gasteiger partial charge on any atom is 0.324 e. The van der Waals surface area contributed by atoms with Crippen LogP contribution in [0.5, 0.6) is 0 Å². The molecule has 0 aromatic heterocycles. The van der Waals surface area contributed by atoms with Gasteiger partial charge in [-0.25, -0.2) is 16.8 Å². The Bertz CT molecular complexity index is 542. The number of nitrogens with one attached hydrogen (secondary N) is 1. The number of esters is 1. The van der Waals surface area contributed by atoms with Gasteiger partial charge in [-0.05, 0) is 26.7 Å². The summed E-state index contributed by atoms with van der Waals surface area (Å²) >= 11 is 0. The Kier molecular flexibility index (Phi) is 6.18. The summed E-state index contributed by atoms with van der Waals surface area (Å²) in [5.41, 5.74) is -0.757. The summed E-state index contributed by atoms with van der Waals surface area (Å²) in [6.07, 6.45) is 0.810. The van der Waals surface area contributed by atoms with Crippen molar-refractivity contribution in [3.63, 3.8) is 0 Å². The molecule has 0 aliphatic rings. The van der Waals surface area contributed by atoms with E-state index in [1.807, 2.05) is 0 Å². The maximum absolute atomic E-state index is 11.9. The first kappa shape index (κ1) is 19.3. The zero-order chi connectivity index (χ0) is 16.4. The first-order valence-corrected chi connectivity index (χ1v) is 9.75. The van der Waals surface area contributed by atoms with E-state index in [1.54, 1.807) is 34.6 Å². The fourth-order valence-corrected chi connectivity index (χ4v) is 4.61. The number of sulfonamides is 1. The average Bonchev–Trinajstić information content (AvgIpc) is 2.06. The molecule has 0 unspecified atom stereocenters. The summed E-state index contributed by atoms with van der Waals surface area (Å²) in [7, 11) is -7.84. The predicted molar refractivity (Wildman–Crippen MR) is 76.2 cm³/mol. The highest BCUT2D eigenvalue weighted by Gasteiger charge is 2.32. The van der Waals surface area contributed by atoms with Crippen LogP contribution in [0.3, 0.4) is 0 Å². The lowest BCUT2D eigenvalue weighted by molar-refractivity contribution is -0.158. The molecule has 0 spiro atoms. The summed E-state index contributed by atoms with van der Waals surface area (Å²) in [6.45, 7) is 8.25. The van der Waals surface area contributed by atoms with Crippen molar-refractivity contribution in [2.24, 2.45) is 5.92 Å². The number of hydrogen-bond donors (Lipinski definition) is 1. The Balaban J connectivity index is 5.11.